The first kappa shape index (κ1) is 15.5. The summed E-state index contributed by atoms with van der Waals surface area (Å²) >= 11 is 0. The Hall–Kier alpha value is -1.86. The number of furan rings is 1. The smallest absolute Gasteiger partial charge is 0.371 e. The van der Waals surface area contributed by atoms with Gasteiger partial charge in [-0.3, -0.25) is 14.6 Å². The van der Waals surface area contributed by atoms with Crippen molar-refractivity contribution in [3.8, 4) is 0 Å². The van der Waals surface area contributed by atoms with Gasteiger partial charge in [0.1, 0.15) is 5.76 Å². The number of aliphatic carboxylic acids is 1. The molecule has 1 aromatic rings. The highest BCUT2D eigenvalue weighted by Crippen LogP contribution is 2.13. The zero-order chi connectivity index (χ0) is 15.4. The molecule has 116 valence electrons. The third-order valence-electron chi connectivity index (χ3n) is 3.67. The highest BCUT2D eigenvalue weighted by Gasteiger charge is 2.22. The molecule has 1 atom stereocenters. The molecule has 2 rings (SSSR count). The number of carboxylic acid groups (broad SMARTS) is 2. The third-order valence-corrected chi connectivity index (χ3v) is 3.67. The van der Waals surface area contributed by atoms with Crippen LogP contribution in [0.4, 0.5) is 0 Å². The molecule has 0 amide bonds. The molecule has 2 heterocycles. The van der Waals surface area contributed by atoms with Crippen molar-refractivity contribution in [2.45, 2.75) is 13.5 Å². The van der Waals surface area contributed by atoms with Crippen LogP contribution in [0.25, 0.3) is 0 Å². The Morgan fingerprint density at radius 2 is 1.81 bits per heavy atom. The maximum Gasteiger partial charge on any atom is 0.371 e. The molecule has 0 aromatic carbocycles. The fourth-order valence-corrected chi connectivity index (χ4v) is 2.39. The van der Waals surface area contributed by atoms with Gasteiger partial charge in [0, 0.05) is 32.7 Å². The summed E-state index contributed by atoms with van der Waals surface area (Å²) in [5.41, 5.74) is 0. The van der Waals surface area contributed by atoms with Crippen molar-refractivity contribution in [1.29, 1.82) is 0 Å². The van der Waals surface area contributed by atoms with E-state index in [4.69, 9.17) is 14.6 Å². The van der Waals surface area contributed by atoms with E-state index in [1.807, 2.05) is 0 Å². The Kier molecular flexibility index (Phi) is 4.98. The second-order valence-electron chi connectivity index (χ2n) is 5.39. The van der Waals surface area contributed by atoms with Gasteiger partial charge in [-0.15, -0.1) is 0 Å². The molecule has 0 spiro atoms. The number of piperazine rings is 1. The predicted octanol–water partition coefficient (Wildman–Crippen LogP) is 0.816. The van der Waals surface area contributed by atoms with Gasteiger partial charge in [0.25, 0.3) is 0 Å². The molecule has 1 fully saturated rings. The van der Waals surface area contributed by atoms with Gasteiger partial charge in [-0.05, 0) is 12.1 Å². The van der Waals surface area contributed by atoms with Gasteiger partial charge in [-0.1, -0.05) is 6.92 Å². The first-order chi connectivity index (χ1) is 9.95. The monoisotopic (exact) mass is 296 g/mol. The van der Waals surface area contributed by atoms with E-state index in [0.717, 1.165) is 26.2 Å². The molecule has 2 N–H and O–H groups in total. The van der Waals surface area contributed by atoms with Crippen molar-refractivity contribution >= 4 is 11.9 Å². The minimum absolute atomic E-state index is 0.0427. The number of hydrogen-bond acceptors (Lipinski definition) is 5. The van der Waals surface area contributed by atoms with Crippen LogP contribution in [0.1, 0.15) is 23.2 Å². The minimum atomic E-state index is -1.06. The molecule has 0 saturated carbocycles. The van der Waals surface area contributed by atoms with Gasteiger partial charge in [0.15, 0.2) is 0 Å². The molecule has 1 aliphatic heterocycles. The van der Waals surface area contributed by atoms with Crippen LogP contribution in [-0.2, 0) is 11.3 Å². The number of carbonyl (C=O) groups is 2. The van der Waals surface area contributed by atoms with Gasteiger partial charge in [-0.25, -0.2) is 4.79 Å². The van der Waals surface area contributed by atoms with Crippen LogP contribution in [0, 0.1) is 5.92 Å². The van der Waals surface area contributed by atoms with Crippen LogP contribution >= 0.6 is 0 Å². The maximum absolute atomic E-state index is 10.8. The summed E-state index contributed by atoms with van der Waals surface area (Å²) < 4.78 is 5.24. The number of hydrogen-bond donors (Lipinski definition) is 2. The summed E-state index contributed by atoms with van der Waals surface area (Å²) in [4.78, 5) is 25.9. The Morgan fingerprint density at radius 1 is 1.19 bits per heavy atom. The second-order valence-corrected chi connectivity index (χ2v) is 5.39. The lowest BCUT2D eigenvalue weighted by Crippen LogP contribution is -2.47. The fourth-order valence-electron chi connectivity index (χ4n) is 2.39. The molecule has 1 saturated heterocycles. The summed E-state index contributed by atoms with van der Waals surface area (Å²) in [6.07, 6.45) is 0. The highest BCUT2D eigenvalue weighted by atomic mass is 16.4. The summed E-state index contributed by atoms with van der Waals surface area (Å²) in [5.74, 6) is -1.60. The summed E-state index contributed by atoms with van der Waals surface area (Å²) in [6.45, 7) is 6.10. The number of carboxylic acids is 2. The van der Waals surface area contributed by atoms with Crippen LogP contribution in [0.5, 0.6) is 0 Å². The largest absolute Gasteiger partial charge is 0.481 e. The van der Waals surface area contributed by atoms with Crippen molar-refractivity contribution in [1.82, 2.24) is 9.80 Å². The lowest BCUT2D eigenvalue weighted by molar-refractivity contribution is -0.141. The van der Waals surface area contributed by atoms with Crippen molar-refractivity contribution in [2.75, 3.05) is 32.7 Å². The molecular formula is C14H20N2O5. The molecule has 7 heteroatoms. The Bertz CT molecular complexity index is 505. The summed E-state index contributed by atoms with van der Waals surface area (Å²) in [6, 6.07) is 3.14. The standard InChI is InChI=1S/C14H20N2O5/c1-10(13(17)18)8-15-4-6-16(7-5-15)9-11-2-3-12(21-11)14(19)20/h2-3,10H,4-9H2,1H3,(H,17,18)(H,19,20). The molecule has 1 unspecified atom stereocenters. The molecular weight excluding hydrogens is 276 g/mol. The van der Waals surface area contributed by atoms with E-state index in [-0.39, 0.29) is 11.7 Å². The molecule has 0 radical (unpaired) electrons. The predicted molar refractivity (Wildman–Crippen MR) is 74.2 cm³/mol. The Balaban J connectivity index is 1.78. The average Bonchev–Trinajstić information content (AvgIpc) is 2.89. The van der Waals surface area contributed by atoms with Crippen LogP contribution in [0.3, 0.4) is 0 Å². The van der Waals surface area contributed by atoms with E-state index < -0.39 is 11.9 Å². The van der Waals surface area contributed by atoms with Gasteiger partial charge in [0.05, 0.1) is 12.5 Å². The van der Waals surface area contributed by atoms with Crippen molar-refractivity contribution < 1.29 is 24.2 Å². The first-order valence-electron chi connectivity index (χ1n) is 6.95. The fraction of sp³-hybridized carbons (Fsp3) is 0.571. The molecule has 1 aliphatic rings. The zero-order valence-electron chi connectivity index (χ0n) is 12.0. The van der Waals surface area contributed by atoms with E-state index in [1.54, 1.807) is 13.0 Å². The Morgan fingerprint density at radius 3 is 2.33 bits per heavy atom. The van der Waals surface area contributed by atoms with Gasteiger partial charge in [0.2, 0.25) is 5.76 Å². The van der Waals surface area contributed by atoms with Crippen molar-refractivity contribution in [2.24, 2.45) is 5.92 Å². The topological polar surface area (TPSA) is 94.2 Å². The minimum Gasteiger partial charge on any atom is -0.481 e. The Labute approximate surface area is 122 Å². The summed E-state index contributed by atoms with van der Waals surface area (Å²) in [7, 11) is 0. The lowest BCUT2D eigenvalue weighted by Gasteiger charge is -2.34. The van der Waals surface area contributed by atoms with Crippen LogP contribution in [0.2, 0.25) is 0 Å². The quantitative estimate of drug-likeness (QED) is 0.802. The zero-order valence-corrected chi connectivity index (χ0v) is 12.0. The maximum atomic E-state index is 10.8. The summed E-state index contributed by atoms with van der Waals surface area (Å²) in [5, 5.41) is 17.7. The van der Waals surface area contributed by atoms with Crippen LogP contribution in [-0.4, -0.2) is 64.7 Å². The third kappa shape index (κ3) is 4.30. The number of aromatic carboxylic acids is 1. The molecule has 7 nitrogen and oxygen atoms in total. The second kappa shape index (κ2) is 6.73. The number of nitrogens with zero attached hydrogens (tertiary/aromatic N) is 2. The molecule has 0 aliphatic carbocycles. The molecule has 0 bridgehead atoms. The van der Waals surface area contributed by atoms with Gasteiger partial charge >= 0.3 is 11.9 Å². The van der Waals surface area contributed by atoms with Gasteiger partial charge in [-0.2, -0.15) is 0 Å². The molecule has 21 heavy (non-hydrogen) atoms. The number of rotatable bonds is 6. The van der Waals surface area contributed by atoms with E-state index in [9.17, 15) is 9.59 Å². The van der Waals surface area contributed by atoms with Crippen LogP contribution < -0.4 is 0 Å². The van der Waals surface area contributed by atoms with Crippen LogP contribution in [0.15, 0.2) is 16.5 Å². The van der Waals surface area contributed by atoms with Gasteiger partial charge < -0.3 is 14.6 Å². The van der Waals surface area contributed by atoms with E-state index >= 15 is 0 Å². The average molecular weight is 296 g/mol. The van der Waals surface area contributed by atoms with E-state index in [2.05, 4.69) is 9.80 Å². The SMILES string of the molecule is CC(CN1CCN(Cc2ccc(C(=O)O)o2)CC1)C(=O)O. The first-order valence-corrected chi connectivity index (χ1v) is 6.95. The van der Waals surface area contributed by atoms with E-state index in [0.29, 0.717) is 18.8 Å². The van der Waals surface area contributed by atoms with E-state index in [1.165, 1.54) is 6.07 Å². The molecule has 1 aromatic heterocycles. The lowest BCUT2D eigenvalue weighted by atomic mass is 10.1. The normalized spacial score (nSPS) is 18.5. The van der Waals surface area contributed by atoms with Crippen molar-refractivity contribution in [3.63, 3.8) is 0 Å². The van der Waals surface area contributed by atoms with Crippen molar-refractivity contribution in [3.05, 3.63) is 23.7 Å². The highest BCUT2D eigenvalue weighted by molar-refractivity contribution is 5.84.